The van der Waals surface area contributed by atoms with Gasteiger partial charge < -0.3 is 11.5 Å². The summed E-state index contributed by atoms with van der Waals surface area (Å²) in [5, 5.41) is 7.82. The highest BCUT2D eigenvalue weighted by Crippen LogP contribution is 2.42. The number of anilines is 2. The molecule has 0 aliphatic heterocycles. The van der Waals surface area contributed by atoms with Crippen LogP contribution in [0.1, 0.15) is 15.9 Å². The summed E-state index contributed by atoms with van der Waals surface area (Å²) in [6, 6.07) is 48.8. The lowest BCUT2D eigenvalue weighted by Gasteiger charge is -2.19. The van der Waals surface area contributed by atoms with Gasteiger partial charge in [0.1, 0.15) is 0 Å². The van der Waals surface area contributed by atoms with Crippen molar-refractivity contribution in [2.45, 2.75) is 0 Å². The normalized spacial score (nSPS) is 11.5. The molecule has 0 heterocycles. The molecule has 8 rings (SSSR count). The predicted octanol–water partition coefficient (Wildman–Crippen LogP) is 10.0. The van der Waals surface area contributed by atoms with Crippen LogP contribution in [0.4, 0.5) is 11.4 Å². The lowest BCUT2D eigenvalue weighted by atomic mass is 9.83. The Morgan fingerprint density at radius 3 is 1.11 bits per heavy atom. The molecule has 44 heavy (non-hydrogen) atoms. The van der Waals surface area contributed by atoms with Crippen molar-refractivity contribution in [2.75, 3.05) is 11.5 Å². The van der Waals surface area contributed by atoms with Gasteiger partial charge in [-0.05, 0) is 66.7 Å². The van der Waals surface area contributed by atoms with E-state index in [2.05, 4.69) is 60.7 Å². The number of hydrogen-bond donors (Lipinski definition) is 2. The van der Waals surface area contributed by atoms with E-state index in [1.807, 2.05) is 84.9 Å². The van der Waals surface area contributed by atoms with Crippen LogP contribution < -0.4 is 11.5 Å². The number of ketones is 1. The van der Waals surface area contributed by atoms with Crippen LogP contribution in [0, 0.1) is 0 Å². The molecule has 0 amide bonds. The van der Waals surface area contributed by atoms with Gasteiger partial charge in [-0.15, -0.1) is 0 Å². The Hall–Kier alpha value is -5.93. The molecule has 0 saturated carbocycles. The quantitative estimate of drug-likeness (QED) is 0.165. The Labute approximate surface area is 255 Å². The second-order valence-corrected chi connectivity index (χ2v) is 11.2. The average molecular weight is 565 g/mol. The van der Waals surface area contributed by atoms with Crippen LogP contribution in [-0.4, -0.2) is 5.78 Å². The number of hydrogen-bond acceptors (Lipinski definition) is 3. The zero-order valence-corrected chi connectivity index (χ0v) is 23.9. The Kier molecular flexibility index (Phi) is 5.92. The average Bonchev–Trinajstić information content (AvgIpc) is 3.08. The fraction of sp³-hybridized carbons (Fsp3) is 0. The van der Waals surface area contributed by atoms with Gasteiger partial charge in [-0.1, -0.05) is 133 Å². The fourth-order valence-corrected chi connectivity index (χ4v) is 6.72. The minimum Gasteiger partial charge on any atom is -0.398 e. The van der Waals surface area contributed by atoms with E-state index in [0.29, 0.717) is 22.5 Å². The van der Waals surface area contributed by atoms with Crippen molar-refractivity contribution in [2.24, 2.45) is 0 Å². The largest absolute Gasteiger partial charge is 0.398 e. The summed E-state index contributed by atoms with van der Waals surface area (Å²) in [5.74, 6) is -0.0228. The Morgan fingerprint density at radius 1 is 0.341 bits per heavy atom. The van der Waals surface area contributed by atoms with Crippen LogP contribution in [-0.2, 0) is 0 Å². The first-order chi connectivity index (χ1) is 21.6. The van der Waals surface area contributed by atoms with Crippen LogP contribution in [0.2, 0.25) is 0 Å². The molecular formula is C41H28N2O. The van der Waals surface area contributed by atoms with Gasteiger partial charge in [0.15, 0.2) is 5.78 Å². The van der Waals surface area contributed by atoms with Gasteiger partial charge in [0.2, 0.25) is 0 Å². The summed E-state index contributed by atoms with van der Waals surface area (Å²) in [7, 11) is 0. The number of rotatable bonds is 4. The van der Waals surface area contributed by atoms with Crippen LogP contribution in [0.25, 0.3) is 65.3 Å². The molecule has 0 aromatic heterocycles. The molecule has 0 saturated heterocycles. The second-order valence-electron chi connectivity index (χ2n) is 11.2. The third kappa shape index (κ3) is 3.94. The molecule has 0 fully saturated rings. The highest BCUT2D eigenvalue weighted by atomic mass is 16.1. The molecule has 8 aromatic carbocycles. The van der Waals surface area contributed by atoms with E-state index in [1.54, 1.807) is 0 Å². The minimum absolute atomic E-state index is 0.0228. The number of benzene rings is 8. The first kappa shape index (κ1) is 25.8. The van der Waals surface area contributed by atoms with E-state index in [1.165, 1.54) is 0 Å². The molecular weight excluding hydrogens is 536 g/mol. The van der Waals surface area contributed by atoms with Crippen LogP contribution >= 0.6 is 0 Å². The number of carbonyl (C=O) groups excluding carboxylic acids is 1. The van der Waals surface area contributed by atoms with Crippen molar-refractivity contribution in [1.29, 1.82) is 0 Å². The predicted molar refractivity (Wildman–Crippen MR) is 186 cm³/mol. The summed E-state index contributed by atoms with van der Waals surface area (Å²) in [6.07, 6.45) is 0. The third-order valence-electron chi connectivity index (χ3n) is 8.81. The monoisotopic (exact) mass is 564 g/mol. The van der Waals surface area contributed by atoms with Crippen molar-refractivity contribution in [3.05, 3.63) is 157 Å². The van der Waals surface area contributed by atoms with E-state index in [4.69, 9.17) is 11.5 Å². The maximum absolute atomic E-state index is 15.4. The SMILES string of the molecule is Nc1ccc(-c2ccc3ccccc3c2C(=O)c2c(-c3ccc(N)c4ccccc34)ccc3ccccc23)c2ccccc12. The zero-order valence-electron chi connectivity index (χ0n) is 23.9. The molecule has 0 spiro atoms. The van der Waals surface area contributed by atoms with Gasteiger partial charge in [-0.25, -0.2) is 0 Å². The van der Waals surface area contributed by atoms with Crippen LogP contribution in [0.15, 0.2) is 146 Å². The number of carbonyl (C=O) groups is 1. The molecule has 4 N–H and O–H groups in total. The Morgan fingerprint density at radius 2 is 0.682 bits per heavy atom. The minimum atomic E-state index is -0.0228. The van der Waals surface area contributed by atoms with E-state index in [0.717, 1.165) is 65.3 Å². The molecule has 0 bridgehead atoms. The topological polar surface area (TPSA) is 69.1 Å². The molecule has 0 radical (unpaired) electrons. The van der Waals surface area contributed by atoms with E-state index < -0.39 is 0 Å². The summed E-state index contributed by atoms with van der Waals surface area (Å²) < 4.78 is 0. The van der Waals surface area contributed by atoms with Crippen LogP contribution in [0.3, 0.4) is 0 Å². The lowest BCUT2D eigenvalue weighted by molar-refractivity contribution is 0.104. The van der Waals surface area contributed by atoms with Crippen molar-refractivity contribution in [1.82, 2.24) is 0 Å². The first-order valence-electron chi connectivity index (χ1n) is 14.7. The molecule has 0 unspecified atom stereocenters. The van der Waals surface area contributed by atoms with E-state index >= 15 is 4.79 Å². The lowest BCUT2D eigenvalue weighted by Crippen LogP contribution is -2.08. The van der Waals surface area contributed by atoms with Gasteiger partial charge in [-0.3, -0.25) is 4.79 Å². The molecule has 208 valence electrons. The standard InChI is InChI=1S/C41H28N2O/c42-37-23-21-31(29-13-5-7-15-33(29)37)35-19-17-25-9-1-3-11-27(25)39(35)41(44)40-28-12-4-2-10-26(28)18-20-36(40)32-22-24-38(43)34-16-8-6-14-30(32)34/h1-24H,42-43H2. The number of nitrogens with two attached hydrogens (primary N) is 2. The maximum Gasteiger partial charge on any atom is 0.195 e. The van der Waals surface area contributed by atoms with Crippen molar-refractivity contribution >= 4 is 60.2 Å². The van der Waals surface area contributed by atoms with E-state index in [-0.39, 0.29) is 5.78 Å². The fourth-order valence-electron chi connectivity index (χ4n) is 6.72. The summed E-state index contributed by atoms with van der Waals surface area (Å²) in [4.78, 5) is 15.4. The van der Waals surface area contributed by atoms with Gasteiger partial charge in [-0.2, -0.15) is 0 Å². The van der Waals surface area contributed by atoms with Crippen LogP contribution in [0.5, 0.6) is 0 Å². The Balaban J connectivity index is 1.49. The molecule has 3 nitrogen and oxygen atoms in total. The summed E-state index contributed by atoms with van der Waals surface area (Å²) in [5.41, 5.74) is 19.3. The van der Waals surface area contributed by atoms with Crippen molar-refractivity contribution in [3.63, 3.8) is 0 Å². The highest BCUT2D eigenvalue weighted by molar-refractivity contribution is 6.28. The van der Waals surface area contributed by atoms with Crippen molar-refractivity contribution < 1.29 is 4.79 Å². The zero-order chi connectivity index (χ0) is 29.8. The summed E-state index contributed by atoms with van der Waals surface area (Å²) >= 11 is 0. The molecule has 8 aromatic rings. The first-order valence-corrected chi connectivity index (χ1v) is 14.7. The molecule has 0 aliphatic rings. The maximum atomic E-state index is 15.4. The van der Waals surface area contributed by atoms with Gasteiger partial charge in [0.25, 0.3) is 0 Å². The molecule has 0 atom stereocenters. The third-order valence-corrected chi connectivity index (χ3v) is 8.81. The summed E-state index contributed by atoms with van der Waals surface area (Å²) in [6.45, 7) is 0. The second kappa shape index (κ2) is 10.1. The van der Waals surface area contributed by atoms with Gasteiger partial charge >= 0.3 is 0 Å². The van der Waals surface area contributed by atoms with E-state index in [9.17, 15) is 0 Å². The molecule has 0 aliphatic carbocycles. The van der Waals surface area contributed by atoms with Gasteiger partial charge in [0.05, 0.1) is 0 Å². The number of nitrogen functional groups attached to an aromatic ring is 2. The highest BCUT2D eigenvalue weighted by Gasteiger charge is 2.25. The van der Waals surface area contributed by atoms with Crippen molar-refractivity contribution in [3.8, 4) is 22.3 Å². The number of fused-ring (bicyclic) bond motifs is 4. The smallest absolute Gasteiger partial charge is 0.195 e. The van der Waals surface area contributed by atoms with Gasteiger partial charge in [0, 0.05) is 33.3 Å². The Bertz CT molecular complexity index is 2270. The molecule has 3 heteroatoms.